The Morgan fingerprint density at radius 1 is 1.30 bits per heavy atom. The molecule has 0 aromatic heterocycles. The maximum absolute atomic E-state index is 9.91. The Kier molecular flexibility index (Phi) is 7.34. The van der Waals surface area contributed by atoms with E-state index in [0.29, 0.717) is 16.8 Å². The largest absolute Gasteiger partial charge is 0.503 e. The van der Waals surface area contributed by atoms with Gasteiger partial charge < -0.3 is 15.6 Å². The van der Waals surface area contributed by atoms with E-state index in [0.717, 1.165) is 31.5 Å². The average Bonchev–Trinajstić information content (AvgIpc) is 2.43. The second-order valence-electron chi connectivity index (χ2n) is 4.84. The first kappa shape index (κ1) is 17.3. The van der Waals surface area contributed by atoms with Crippen molar-refractivity contribution in [3.05, 3.63) is 22.2 Å². The molecule has 1 aromatic carbocycles. The van der Waals surface area contributed by atoms with Crippen LogP contribution in [-0.4, -0.2) is 36.8 Å². The molecule has 0 bridgehead atoms. The Labute approximate surface area is 130 Å². The van der Waals surface area contributed by atoms with Crippen LogP contribution in [0.2, 0.25) is 0 Å². The Bertz CT molecular complexity index is 421. The maximum Gasteiger partial charge on any atom is 0.172 e. The number of hydrogen-bond acceptors (Lipinski definition) is 4. The molecular weight excluding hydrogens is 320 g/mol. The smallest absolute Gasteiger partial charge is 0.172 e. The number of methoxy groups -OCH3 is 1. The lowest BCUT2D eigenvalue weighted by Crippen LogP contribution is -2.35. The highest BCUT2D eigenvalue weighted by molar-refractivity contribution is 9.10. The Hall–Kier alpha value is -0.780. The van der Waals surface area contributed by atoms with Gasteiger partial charge in [0.1, 0.15) is 0 Å². The van der Waals surface area contributed by atoms with Crippen molar-refractivity contribution in [3.63, 3.8) is 0 Å². The molecule has 114 valence electrons. The molecule has 0 aliphatic rings. The summed E-state index contributed by atoms with van der Waals surface area (Å²) >= 11 is 3.37. The minimum absolute atomic E-state index is 0.129. The molecule has 1 aromatic rings. The van der Waals surface area contributed by atoms with E-state index in [1.807, 2.05) is 12.1 Å². The molecule has 1 rings (SSSR count). The molecule has 5 heteroatoms. The van der Waals surface area contributed by atoms with Crippen molar-refractivity contribution in [2.24, 2.45) is 5.73 Å². The Morgan fingerprint density at radius 3 is 2.35 bits per heavy atom. The number of halogens is 1. The average molecular weight is 345 g/mol. The van der Waals surface area contributed by atoms with Gasteiger partial charge in [0.2, 0.25) is 0 Å². The first-order valence-electron chi connectivity index (χ1n) is 7.09. The van der Waals surface area contributed by atoms with Crippen LogP contribution >= 0.6 is 15.9 Å². The first-order chi connectivity index (χ1) is 9.58. The van der Waals surface area contributed by atoms with E-state index < -0.39 is 0 Å². The summed E-state index contributed by atoms with van der Waals surface area (Å²) in [7, 11) is 1.55. The summed E-state index contributed by atoms with van der Waals surface area (Å²) in [6, 6.07) is 3.93. The molecule has 0 aliphatic heterocycles. The molecule has 20 heavy (non-hydrogen) atoms. The summed E-state index contributed by atoms with van der Waals surface area (Å²) in [4.78, 5) is 2.39. The lowest BCUT2D eigenvalue weighted by Gasteiger charge is -2.31. The van der Waals surface area contributed by atoms with Gasteiger partial charge in [0.25, 0.3) is 0 Å². The van der Waals surface area contributed by atoms with Crippen LogP contribution in [0, 0.1) is 0 Å². The molecule has 0 fully saturated rings. The van der Waals surface area contributed by atoms with Crippen molar-refractivity contribution in [1.29, 1.82) is 0 Å². The number of hydrogen-bond donors (Lipinski definition) is 2. The van der Waals surface area contributed by atoms with Gasteiger partial charge in [-0.2, -0.15) is 0 Å². The lowest BCUT2D eigenvalue weighted by atomic mass is 10.0. The lowest BCUT2D eigenvalue weighted by molar-refractivity contribution is 0.201. The SMILES string of the molecule is CCCN(CCC)C(CN)c1cc(Br)c(O)c(OC)c1. The summed E-state index contributed by atoms with van der Waals surface area (Å²) in [6.07, 6.45) is 2.18. The van der Waals surface area contributed by atoms with Crippen LogP contribution in [0.3, 0.4) is 0 Å². The Balaban J connectivity index is 3.12. The second-order valence-corrected chi connectivity index (χ2v) is 5.70. The van der Waals surface area contributed by atoms with Gasteiger partial charge in [-0.05, 0) is 59.6 Å². The fourth-order valence-corrected chi connectivity index (χ4v) is 2.90. The van der Waals surface area contributed by atoms with E-state index in [-0.39, 0.29) is 11.8 Å². The standard InChI is InChI=1S/C15H25BrN2O2/c1-4-6-18(7-5-2)13(10-17)11-8-12(16)15(19)14(9-11)20-3/h8-9,13,19H,4-7,10,17H2,1-3H3. The van der Waals surface area contributed by atoms with Gasteiger partial charge in [0.05, 0.1) is 11.6 Å². The molecular formula is C15H25BrN2O2. The third kappa shape index (κ3) is 4.11. The van der Waals surface area contributed by atoms with E-state index >= 15 is 0 Å². The number of nitrogens with zero attached hydrogens (tertiary/aromatic N) is 1. The summed E-state index contributed by atoms with van der Waals surface area (Å²) in [5, 5.41) is 9.91. The van der Waals surface area contributed by atoms with Gasteiger partial charge in [-0.25, -0.2) is 0 Å². The van der Waals surface area contributed by atoms with Gasteiger partial charge in [0, 0.05) is 12.6 Å². The van der Waals surface area contributed by atoms with Crippen molar-refractivity contribution >= 4 is 15.9 Å². The number of rotatable bonds is 8. The number of aromatic hydroxyl groups is 1. The monoisotopic (exact) mass is 344 g/mol. The Morgan fingerprint density at radius 2 is 1.90 bits per heavy atom. The normalized spacial score (nSPS) is 12.7. The summed E-state index contributed by atoms with van der Waals surface area (Å²) < 4.78 is 5.86. The highest BCUT2D eigenvalue weighted by Crippen LogP contribution is 2.37. The third-order valence-corrected chi connectivity index (χ3v) is 3.95. The predicted molar refractivity (Wildman–Crippen MR) is 86.3 cm³/mol. The zero-order valence-corrected chi connectivity index (χ0v) is 14.1. The molecule has 0 saturated carbocycles. The molecule has 0 radical (unpaired) electrons. The van der Waals surface area contributed by atoms with Crippen LogP contribution in [-0.2, 0) is 0 Å². The summed E-state index contributed by atoms with van der Waals surface area (Å²) in [5.74, 6) is 0.602. The van der Waals surface area contributed by atoms with Crippen LogP contribution < -0.4 is 10.5 Å². The number of phenols is 1. The second kappa shape index (κ2) is 8.49. The van der Waals surface area contributed by atoms with Crippen LogP contribution in [0.15, 0.2) is 16.6 Å². The van der Waals surface area contributed by atoms with Crippen LogP contribution in [0.1, 0.15) is 38.3 Å². The molecule has 3 N–H and O–H groups in total. The van der Waals surface area contributed by atoms with Crippen molar-refractivity contribution in [1.82, 2.24) is 4.90 Å². The van der Waals surface area contributed by atoms with Gasteiger partial charge >= 0.3 is 0 Å². The van der Waals surface area contributed by atoms with E-state index in [9.17, 15) is 5.11 Å². The molecule has 0 amide bonds. The molecule has 4 nitrogen and oxygen atoms in total. The number of phenolic OH excluding ortho intramolecular Hbond substituents is 1. The van der Waals surface area contributed by atoms with E-state index in [2.05, 4.69) is 34.7 Å². The molecule has 0 heterocycles. The van der Waals surface area contributed by atoms with E-state index in [1.54, 1.807) is 7.11 Å². The van der Waals surface area contributed by atoms with Crippen molar-refractivity contribution in [2.45, 2.75) is 32.7 Å². The fraction of sp³-hybridized carbons (Fsp3) is 0.600. The molecule has 1 unspecified atom stereocenters. The fourth-order valence-electron chi connectivity index (χ4n) is 2.44. The minimum Gasteiger partial charge on any atom is -0.503 e. The van der Waals surface area contributed by atoms with E-state index in [1.165, 1.54) is 0 Å². The molecule has 0 spiro atoms. The highest BCUT2D eigenvalue weighted by atomic mass is 79.9. The molecule has 0 saturated heterocycles. The molecule has 0 aliphatic carbocycles. The van der Waals surface area contributed by atoms with Crippen molar-refractivity contribution < 1.29 is 9.84 Å². The topological polar surface area (TPSA) is 58.7 Å². The van der Waals surface area contributed by atoms with Gasteiger partial charge in [0.15, 0.2) is 11.5 Å². The number of ether oxygens (including phenoxy) is 1. The van der Waals surface area contributed by atoms with Gasteiger partial charge in [-0.3, -0.25) is 4.90 Å². The first-order valence-corrected chi connectivity index (χ1v) is 7.88. The number of nitrogens with two attached hydrogens (primary N) is 1. The zero-order chi connectivity index (χ0) is 15.1. The van der Waals surface area contributed by atoms with Gasteiger partial charge in [-0.15, -0.1) is 0 Å². The van der Waals surface area contributed by atoms with Crippen LogP contribution in [0.5, 0.6) is 11.5 Å². The van der Waals surface area contributed by atoms with E-state index in [4.69, 9.17) is 10.5 Å². The van der Waals surface area contributed by atoms with Gasteiger partial charge in [-0.1, -0.05) is 13.8 Å². The number of benzene rings is 1. The summed E-state index contributed by atoms with van der Waals surface area (Å²) in [6.45, 7) is 6.90. The highest BCUT2D eigenvalue weighted by Gasteiger charge is 2.20. The molecule has 1 atom stereocenters. The maximum atomic E-state index is 9.91. The zero-order valence-electron chi connectivity index (χ0n) is 12.5. The minimum atomic E-state index is 0.129. The van der Waals surface area contributed by atoms with Crippen molar-refractivity contribution in [2.75, 3.05) is 26.7 Å². The third-order valence-electron chi connectivity index (χ3n) is 3.34. The predicted octanol–water partition coefficient (Wildman–Crippen LogP) is 3.29. The van der Waals surface area contributed by atoms with Crippen LogP contribution in [0.25, 0.3) is 0 Å². The van der Waals surface area contributed by atoms with Crippen LogP contribution in [0.4, 0.5) is 0 Å². The quantitative estimate of drug-likeness (QED) is 0.759. The van der Waals surface area contributed by atoms with Crippen molar-refractivity contribution in [3.8, 4) is 11.5 Å². The summed E-state index contributed by atoms with van der Waals surface area (Å²) in [5.41, 5.74) is 7.05.